The number of nitrogens with zero attached hydrogens (tertiary/aromatic N) is 3. The number of aryl methyl sites for hydroxylation is 1. The Bertz CT molecular complexity index is 397. The SMILES string of the molecule is CCCNc1cc(N2CCC(CC)CC2)nc(C)n1. The molecule has 1 aromatic rings. The molecule has 0 spiro atoms. The van der Waals surface area contributed by atoms with Crippen LogP contribution in [-0.2, 0) is 0 Å². The number of rotatable bonds is 5. The normalized spacial score (nSPS) is 16.7. The zero-order valence-electron chi connectivity index (χ0n) is 12.4. The molecule has 19 heavy (non-hydrogen) atoms. The van der Waals surface area contributed by atoms with Crippen LogP contribution in [0.2, 0.25) is 0 Å². The molecule has 0 aliphatic carbocycles. The first kappa shape index (κ1) is 14.1. The Balaban J connectivity index is 2.05. The summed E-state index contributed by atoms with van der Waals surface area (Å²) >= 11 is 0. The lowest BCUT2D eigenvalue weighted by atomic mass is 9.94. The molecule has 1 fully saturated rings. The van der Waals surface area contributed by atoms with Crippen molar-refractivity contribution in [2.75, 3.05) is 29.9 Å². The Kier molecular flexibility index (Phi) is 5.00. The lowest BCUT2D eigenvalue weighted by Gasteiger charge is -2.32. The summed E-state index contributed by atoms with van der Waals surface area (Å²) in [6.45, 7) is 9.65. The molecule has 0 atom stereocenters. The highest BCUT2D eigenvalue weighted by Crippen LogP contribution is 2.25. The number of hydrogen-bond acceptors (Lipinski definition) is 4. The minimum absolute atomic E-state index is 0.855. The third-order valence-corrected chi connectivity index (χ3v) is 3.90. The zero-order valence-corrected chi connectivity index (χ0v) is 12.4. The molecular weight excluding hydrogens is 236 g/mol. The summed E-state index contributed by atoms with van der Waals surface area (Å²) in [5, 5.41) is 3.36. The van der Waals surface area contributed by atoms with Crippen molar-refractivity contribution >= 4 is 11.6 Å². The molecule has 4 nitrogen and oxygen atoms in total. The van der Waals surface area contributed by atoms with Crippen LogP contribution in [0.5, 0.6) is 0 Å². The van der Waals surface area contributed by atoms with Crippen molar-refractivity contribution < 1.29 is 0 Å². The van der Waals surface area contributed by atoms with Gasteiger partial charge in [-0.25, -0.2) is 9.97 Å². The van der Waals surface area contributed by atoms with Gasteiger partial charge in [-0.05, 0) is 32.1 Å². The minimum atomic E-state index is 0.855. The fraction of sp³-hybridized carbons (Fsp3) is 0.733. The van der Waals surface area contributed by atoms with Gasteiger partial charge in [0.05, 0.1) is 0 Å². The maximum atomic E-state index is 4.59. The maximum Gasteiger partial charge on any atom is 0.134 e. The lowest BCUT2D eigenvalue weighted by Crippen LogP contribution is -2.34. The molecule has 2 rings (SSSR count). The topological polar surface area (TPSA) is 41.0 Å². The highest BCUT2D eigenvalue weighted by Gasteiger charge is 2.19. The molecule has 0 bridgehead atoms. The summed E-state index contributed by atoms with van der Waals surface area (Å²) in [4.78, 5) is 11.4. The standard InChI is InChI=1S/C15H26N4/c1-4-8-16-14-11-15(18-12(3)17-14)19-9-6-13(5-2)7-10-19/h11,13H,4-10H2,1-3H3,(H,16,17,18). The van der Waals surface area contributed by atoms with E-state index in [1.165, 1.54) is 19.3 Å². The third kappa shape index (κ3) is 3.82. The molecule has 1 saturated heterocycles. The third-order valence-electron chi connectivity index (χ3n) is 3.90. The predicted octanol–water partition coefficient (Wildman–Crippen LogP) is 3.23. The lowest BCUT2D eigenvalue weighted by molar-refractivity contribution is 0.393. The summed E-state index contributed by atoms with van der Waals surface area (Å²) in [5.74, 6) is 3.80. The molecule has 2 heterocycles. The van der Waals surface area contributed by atoms with Gasteiger partial charge in [-0.1, -0.05) is 20.3 Å². The van der Waals surface area contributed by atoms with Crippen LogP contribution in [0.4, 0.5) is 11.6 Å². The van der Waals surface area contributed by atoms with Crippen molar-refractivity contribution in [3.63, 3.8) is 0 Å². The van der Waals surface area contributed by atoms with Crippen molar-refractivity contribution in [3.8, 4) is 0 Å². The van der Waals surface area contributed by atoms with E-state index in [1.54, 1.807) is 0 Å². The molecule has 0 amide bonds. The van der Waals surface area contributed by atoms with E-state index in [4.69, 9.17) is 0 Å². The molecule has 1 N–H and O–H groups in total. The molecule has 0 aromatic carbocycles. The summed E-state index contributed by atoms with van der Waals surface area (Å²) in [7, 11) is 0. The summed E-state index contributed by atoms with van der Waals surface area (Å²) < 4.78 is 0. The first-order valence-corrected chi connectivity index (χ1v) is 7.57. The van der Waals surface area contributed by atoms with Crippen molar-refractivity contribution in [2.45, 2.75) is 46.5 Å². The molecule has 0 unspecified atom stereocenters. The van der Waals surface area contributed by atoms with Gasteiger partial charge >= 0.3 is 0 Å². The molecule has 0 radical (unpaired) electrons. The van der Waals surface area contributed by atoms with Crippen LogP contribution in [-0.4, -0.2) is 29.6 Å². The number of piperidine rings is 1. The summed E-state index contributed by atoms with van der Waals surface area (Å²) in [5.41, 5.74) is 0. The van der Waals surface area contributed by atoms with Crippen molar-refractivity contribution in [1.29, 1.82) is 0 Å². The minimum Gasteiger partial charge on any atom is -0.370 e. The van der Waals surface area contributed by atoms with E-state index in [9.17, 15) is 0 Å². The van der Waals surface area contributed by atoms with Crippen LogP contribution in [0.15, 0.2) is 6.07 Å². The van der Waals surface area contributed by atoms with Crippen LogP contribution in [0.1, 0.15) is 45.4 Å². The van der Waals surface area contributed by atoms with E-state index in [0.717, 1.165) is 49.4 Å². The number of nitrogens with one attached hydrogen (secondary N) is 1. The van der Waals surface area contributed by atoms with Crippen LogP contribution in [0.25, 0.3) is 0 Å². The van der Waals surface area contributed by atoms with E-state index in [-0.39, 0.29) is 0 Å². The van der Waals surface area contributed by atoms with Crippen molar-refractivity contribution in [3.05, 3.63) is 11.9 Å². The second kappa shape index (κ2) is 6.73. The van der Waals surface area contributed by atoms with Crippen LogP contribution >= 0.6 is 0 Å². The maximum absolute atomic E-state index is 4.59. The first-order valence-electron chi connectivity index (χ1n) is 7.57. The smallest absolute Gasteiger partial charge is 0.134 e. The van der Waals surface area contributed by atoms with Gasteiger partial charge in [-0.15, -0.1) is 0 Å². The van der Waals surface area contributed by atoms with E-state index in [1.807, 2.05) is 6.92 Å². The average Bonchev–Trinajstić information content (AvgIpc) is 2.44. The first-order chi connectivity index (χ1) is 9.22. The number of anilines is 2. The second-order valence-electron chi connectivity index (χ2n) is 5.42. The molecule has 1 aliphatic rings. The highest BCUT2D eigenvalue weighted by atomic mass is 15.2. The quantitative estimate of drug-likeness (QED) is 0.884. The molecule has 0 saturated carbocycles. The fourth-order valence-electron chi connectivity index (χ4n) is 2.63. The van der Waals surface area contributed by atoms with Gasteiger partial charge in [-0.3, -0.25) is 0 Å². The Morgan fingerprint density at radius 2 is 2.00 bits per heavy atom. The average molecular weight is 262 g/mol. The molecule has 4 heteroatoms. The molecule has 1 aliphatic heterocycles. The number of hydrogen-bond donors (Lipinski definition) is 1. The highest BCUT2D eigenvalue weighted by molar-refractivity contribution is 5.49. The van der Waals surface area contributed by atoms with Gasteiger partial charge in [0, 0.05) is 25.7 Å². The monoisotopic (exact) mass is 262 g/mol. The molecule has 1 aromatic heterocycles. The van der Waals surface area contributed by atoms with Gasteiger partial charge in [0.15, 0.2) is 0 Å². The predicted molar refractivity (Wildman–Crippen MR) is 80.8 cm³/mol. The molecular formula is C15H26N4. The van der Waals surface area contributed by atoms with Gasteiger partial charge in [0.25, 0.3) is 0 Å². The van der Waals surface area contributed by atoms with E-state index < -0.39 is 0 Å². The summed E-state index contributed by atoms with van der Waals surface area (Å²) in [6, 6.07) is 2.09. The Morgan fingerprint density at radius 3 is 2.63 bits per heavy atom. The van der Waals surface area contributed by atoms with E-state index in [0.29, 0.717) is 0 Å². The Morgan fingerprint density at radius 1 is 1.26 bits per heavy atom. The van der Waals surface area contributed by atoms with E-state index in [2.05, 4.69) is 40.1 Å². The van der Waals surface area contributed by atoms with Crippen LogP contribution in [0, 0.1) is 12.8 Å². The van der Waals surface area contributed by atoms with E-state index >= 15 is 0 Å². The molecule has 106 valence electrons. The summed E-state index contributed by atoms with van der Waals surface area (Å²) in [6.07, 6.45) is 4.99. The van der Waals surface area contributed by atoms with Crippen LogP contribution < -0.4 is 10.2 Å². The van der Waals surface area contributed by atoms with Gasteiger partial charge < -0.3 is 10.2 Å². The second-order valence-corrected chi connectivity index (χ2v) is 5.42. The van der Waals surface area contributed by atoms with Gasteiger partial charge in [-0.2, -0.15) is 0 Å². The zero-order chi connectivity index (χ0) is 13.7. The van der Waals surface area contributed by atoms with Gasteiger partial charge in [0.1, 0.15) is 17.5 Å². The van der Waals surface area contributed by atoms with Crippen molar-refractivity contribution in [1.82, 2.24) is 9.97 Å². The van der Waals surface area contributed by atoms with Crippen molar-refractivity contribution in [2.24, 2.45) is 5.92 Å². The largest absolute Gasteiger partial charge is 0.370 e. The van der Waals surface area contributed by atoms with Gasteiger partial charge in [0.2, 0.25) is 0 Å². The Hall–Kier alpha value is -1.32. The fourth-order valence-corrected chi connectivity index (χ4v) is 2.63. The Labute approximate surface area is 116 Å². The number of aromatic nitrogens is 2. The van der Waals surface area contributed by atoms with Crippen LogP contribution in [0.3, 0.4) is 0 Å².